The van der Waals surface area contributed by atoms with Gasteiger partial charge in [-0.2, -0.15) is 0 Å². The Morgan fingerprint density at radius 2 is 1.03 bits per heavy atom. The average molecular weight is 509 g/mol. The average Bonchev–Trinajstić information content (AvgIpc) is 2.93. The first-order valence-corrected chi connectivity index (χ1v) is 12.0. The summed E-state index contributed by atoms with van der Waals surface area (Å²) in [6.45, 7) is 0. The number of carbonyl (C=O) groups is 2. The van der Waals surface area contributed by atoms with Crippen molar-refractivity contribution in [1.29, 1.82) is 0 Å². The van der Waals surface area contributed by atoms with Crippen LogP contribution in [0.5, 0.6) is 0 Å². The van der Waals surface area contributed by atoms with Crippen LogP contribution in [-0.2, 0) is 9.59 Å². The van der Waals surface area contributed by atoms with Crippen molar-refractivity contribution in [1.82, 2.24) is 10.6 Å². The SMILES string of the molecule is CN=C(NC)c1cccc(NC(=O)C=Cc2ccc(C=CC(=O)Nc3cccc(C(=NC)NC)c3)cc2)c1. The second-order valence-electron chi connectivity index (χ2n) is 8.12. The summed E-state index contributed by atoms with van der Waals surface area (Å²) in [5, 5.41) is 11.8. The molecular weight excluding hydrogens is 476 g/mol. The van der Waals surface area contributed by atoms with Crippen LogP contribution in [0.4, 0.5) is 11.4 Å². The number of amidine groups is 2. The Labute approximate surface area is 223 Å². The number of aliphatic imine (C=N–C) groups is 2. The fraction of sp³-hybridized carbons (Fsp3) is 0.133. The van der Waals surface area contributed by atoms with Crippen molar-refractivity contribution in [3.63, 3.8) is 0 Å². The molecule has 2 amide bonds. The molecule has 3 aromatic carbocycles. The second kappa shape index (κ2) is 13.9. The molecule has 0 aliphatic rings. The minimum atomic E-state index is -0.238. The van der Waals surface area contributed by atoms with Gasteiger partial charge < -0.3 is 21.3 Å². The summed E-state index contributed by atoms with van der Waals surface area (Å²) in [4.78, 5) is 33.1. The first-order chi connectivity index (χ1) is 18.4. The molecule has 38 heavy (non-hydrogen) atoms. The molecule has 0 aliphatic heterocycles. The number of anilines is 2. The van der Waals surface area contributed by atoms with Crippen molar-refractivity contribution >= 4 is 47.0 Å². The maximum absolute atomic E-state index is 12.4. The van der Waals surface area contributed by atoms with E-state index in [9.17, 15) is 9.59 Å². The summed E-state index contributed by atoms with van der Waals surface area (Å²) in [6.07, 6.45) is 6.43. The van der Waals surface area contributed by atoms with Gasteiger partial charge in [0.2, 0.25) is 11.8 Å². The van der Waals surface area contributed by atoms with Gasteiger partial charge in [-0.3, -0.25) is 19.6 Å². The molecule has 8 heteroatoms. The molecule has 0 unspecified atom stereocenters. The van der Waals surface area contributed by atoms with Gasteiger partial charge >= 0.3 is 0 Å². The maximum atomic E-state index is 12.4. The highest BCUT2D eigenvalue weighted by atomic mass is 16.2. The van der Waals surface area contributed by atoms with Gasteiger partial charge in [-0.1, -0.05) is 48.5 Å². The number of benzene rings is 3. The van der Waals surface area contributed by atoms with Gasteiger partial charge in [0, 0.05) is 62.8 Å². The number of nitrogens with one attached hydrogen (secondary N) is 4. The monoisotopic (exact) mass is 508 g/mol. The van der Waals surface area contributed by atoms with Crippen LogP contribution in [-0.4, -0.2) is 51.7 Å². The van der Waals surface area contributed by atoms with E-state index in [2.05, 4.69) is 31.3 Å². The van der Waals surface area contributed by atoms with Crippen LogP contribution in [0.3, 0.4) is 0 Å². The third kappa shape index (κ3) is 8.03. The number of carbonyl (C=O) groups excluding carboxylic acids is 2. The van der Waals surface area contributed by atoms with E-state index in [-0.39, 0.29) is 11.8 Å². The van der Waals surface area contributed by atoms with E-state index in [0.717, 1.165) is 33.9 Å². The molecular formula is C30H32N6O2. The fourth-order valence-corrected chi connectivity index (χ4v) is 3.69. The Bertz CT molecular complexity index is 1280. The molecule has 0 atom stereocenters. The zero-order valence-corrected chi connectivity index (χ0v) is 21.9. The molecule has 0 bridgehead atoms. The first kappa shape index (κ1) is 27.6. The summed E-state index contributed by atoms with van der Waals surface area (Å²) >= 11 is 0. The predicted octanol–water partition coefficient (Wildman–Crippen LogP) is 4.18. The Morgan fingerprint density at radius 3 is 1.37 bits per heavy atom. The van der Waals surface area contributed by atoms with Crippen molar-refractivity contribution < 1.29 is 9.59 Å². The Balaban J connectivity index is 1.56. The van der Waals surface area contributed by atoms with Crippen molar-refractivity contribution in [2.75, 3.05) is 38.8 Å². The summed E-state index contributed by atoms with van der Waals surface area (Å²) in [5.74, 6) is 1.00. The maximum Gasteiger partial charge on any atom is 0.248 e. The van der Waals surface area contributed by atoms with Crippen LogP contribution >= 0.6 is 0 Å². The number of nitrogens with zero attached hydrogens (tertiary/aromatic N) is 2. The van der Waals surface area contributed by atoms with Crippen LogP contribution in [0.25, 0.3) is 12.2 Å². The number of hydrogen-bond donors (Lipinski definition) is 4. The number of rotatable bonds is 8. The highest BCUT2D eigenvalue weighted by Gasteiger charge is 2.05. The number of amides is 2. The van der Waals surface area contributed by atoms with E-state index in [0.29, 0.717) is 11.4 Å². The van der Waals surface area contributed by atoms with E-state index < -0.39 is 0 Å². The second-order valence-corrected chi connectivity index (χ2v) is 8.12. The third-order valence-corrected chi connectivity index (χ3v) is 5.52. The largest absolute Gasteiger partial charge is 0.373 e. The Morgan fingerprint density at radius 1 is 0.632 bits per heavy atom. The van der Waals surface area contributed by atoms with Gasteiger partial charge in [0.25, 0.3) is 0 Å². The summed E-state index contributed by atoms with van der Waals surface area (Å²) in [7, 11) is 7.02. The van der Waals surface area contributed by atoms with Gasteiger partial charge in [0.15, 0.2) is 0 Å². The zero-order valence-electron chi connectivity index (χ0n) is 21.9. The van der Waals surface area contributed by atoms with Crippen LogP contribution in [0.1, 0.15) is 22.3 Å². The van der Waals surface area contributed by atoms with Crippen LogP contribution < -0.4 is 21.3 Å². The first-order valence-electron chi connectivity index (χ1n) is 12.0. The van der Waals surface area contributed by atoms with E-state index >= 15 is 0 Å². The van der Waals surface area contributed by atoms with Crippen molar-refractivity contribution in [2.45, 2.75) is 0 Å². The number of hydrogen-bond acceptors (Lipinski definition) is 4. The molecule has 0 aliphatic carbocycles. The van der Waals surface area contributed by atoms with Gasteiger partial charge in [-0.25, -0.2) is 0 Å². The molecule has 0 spiro atoms. The fourth-order valence-electron chi connectivity index (χ4n) is 3.69. The summed E-state index contributed by atoms with van der Waals surface area (Å²) < 4.78 is 0. The van der Waals surface area contributed by atoms with Gasteiger partial charge in [0.05, 0.1) is 0 Å². The lowest BCUT2D eigenvalue weighted by Crippen LogP contribution is -2.19. The molecule has 0 radical (unpaired) electrons. The van der Waals surface area contributed by atoms with Gasteiger partial charge in [-0.05, 0) is 47.5 Å². The standard InChI is InChI=1S/C30H32N6O2/c1-31-29(32-2)23-7-5-9-25(19-23)35-27(37)17-15-21-11-13-22(14-12-21)16-18-28(38)36-26-10-6-8-24(20-26)30(33-3)34-4/h5-20H,1-4H3,(H,31,32)(H,33,34)(H,35,37)(H,36,38). The van der Waals surface area contributed by atoms with E-state index in [1.54, 1.807) is 40.3 Å². The lowest BCUT2D eigenvalue weighted by atomic mass is 10.1. The smallest absolute Gasteiger partial charge is 0.248 e. The minimum Gasteiger partial charge on any atom is -0.373 e. The highest BCUT2D eigenvalue weighted by molar-refractivity contribution is 6.05. The lowest BCUT2D eigenvalue weighted by Gasteiger charge is -2.08. The van der Waals surface area contributed by atoms with Crippen molar-refractivity contribution in [3.05, 3.63) is 107 Å². The van der Waals surface area contributed by atoms with Gasteiger partial charge in [0.1, 0.15) is 11.7 Å². The normalized spacial score (nSPS) is 12.0. The Hall–Kier alpha value is -4.98. The molecule has 3 aromatic rings. The van der Waals surface area contributed by atoms with Gasteiger partial charge in [-0.15, -0.1) is 0 Å². The predicted molar refractivity (Wildman–Crippen MR) is 158 cm³/mol. The van der Waals surface area contributed by atoms with Crippen LogP contribution in [0, 0.1) is 0 Å². The van der Waals surface area contributed by atoms with Crippen molar-refractivity contribution in [2.24, 2.45) is 9.98 Å². The van der Waals surface area contributed by atoms with E-state index in [1.807, 2.05) is 72.8 Å². The van der Waals surface area contributed by atoms with Crippen molar-refractivity contribution in [3.8, 4) is 0 Å². The van der Waals surface area contributed by atoms with E-state index in [1.165, 1.54) is 12.2 Å². The highest BCUT2D eigenvalue weighted by Crippen LogP contribution is 2.14. The summed E-state index contributed by atoms with van der Waals surface area (Å²) in [5.41, 5.74) is 4.86. The third-order valence-electron chi connectivity index (χ3n) is 5.52. The molecule has 0 heterocycles. The molecule has 0 saturated heterocycles. The zero-order chi connectivity index (χ0) is 27.3. The molecule has 4 N–H and O–H groups in total. The molecule has 0 aromatic heterocycles. The molecule has 3 rings (SSSR count). The quantitative estimate of drug-likeness (QED) is 0.208. The molecule has 0 fully saturated rings. The minimum absolute atomic E-state index is 0.238. The van der Waals surface area contributed by atoms with Crippen LogP contribution in [0.2, 0.25) is 0 Å². The lowest BCUT2D eigenvalue weighted by molar-refractivity contribution is -0.112. The van der Waals surface area contributed by atoms with E-state index in [4.69, 9.17) is 0 Å². The molecule has 194 valence electrons. The van der Waals surface area contributed by atoms with Crippen LogP contribution in [0.15, 0.2) is 94.9 Å². The topological polar surface area (TPSA) is 107 Å². The Kier molecular flexibility index (Phi) is 10.1. The molecule has 8 nitrogen and oxygen atoms in total. The molecule has 0 saturated carbocycles. The summed E-state index contributed by atoms with van der Waals surface area (Å²) in [6, 6.07) is 22.5.